The lowest BCUT2D eigenvalue weighted by molar-refractivity contribution is -0.123. The van der Waals surface area contributed by atoms with Crippen LogP contribution in [0.4, 0.5) is 5.69 Å². The van der Waals surface area contributed by atoms with Crippen molar-refractivity contribution in [3.63, 3.8) is 0 Å². The van der Waals surface area contributed by atoms with Gasteiger partial charge in [-0.3, -0.25) is 19.3 Å². The number of nitrogens with one attached hydrogen (secondary N) is 1. The minimum atomic E-state index is -0.370. The zero-order chi connectivity index (χ0) is 29.6. The fourth-order valence-electron chi connectivity index (χ4n) is 7.89. The van der Waals surface area contributed by atoms with Gasteiger partial charge in [-0.1, -0.05) is 66.9 Å². The van der Waals surface area contributed by atoms with Crippen LogP contribution < -0.4 is 14.5 Å². The number of carbonyl (C=O) groups is 2. The van der Waals surface area contributed by atoms with E-state index < -0.39 is 0 Å². The Kier molecular flexibility index (Phi) is 6.95. The molecule has 0 radical (unpaired) electrons. The molecule has 7 atom stereocenters. The van der Waals surface area contributed by atoms with E-state index in [9.17, 15) is 14.4 Å². The molecule has 3 heterocycles. The average molecular weight is 759 g/mol. The second-order valence-corrected chi connectivity index (χ2v) is 16.0. The van der Waals surface area contributed by atoms with Gasteiger partial charge in [0.25, 0.3) is 0 Å². The Morgan fingerprint density at radius 1 is 0.930 bits per heavy atom. The molecule has 1 aromatic heterocycles. The summed E-state index contributed by atoms with van der Waals surface area (Å²) in [7, 11) is 0. The molecule has 1 saturated heterocycles. The molecule has 2 aliphatic carbocycles. The molecule has 2 bridgehead atoms. The number of aromatic amines is 1. The largest absolute Gasteiger partial charge is 0.489 e. The lowest BCUT2D eigenvalue weighted by atomic mass is 9.68. The summed E-state index contributed by atoms with van der Waals surface area (Å²) in [6.45, 7) is 0.340. The second kappa shape index (κ2) is 10.6. The van der Waals surface area contributed by atoms with Crippen LogP contribution in [0.5, 0.6) is 5.75 Å². The van der Waals surface area contributed by atoms with Crippen molar-refractivity contribution in [3.05, 3.63) is 106 Å². The number of anilines is 1. The molecule has 4 aliphatic rings. The molecule has 2 saturated carbocycles. The zero-order valence-electron chi connectivity index (χ0n) is 22.3. The molecule has 6 nitrogen and oxygen atoms in total. The van der Waals surface area contributed by atoms with Gasteiger partial charge in [0.2, 0.25) is 11.8 Å². The van der Waals surface area contributed by atoms with Crippen molar-refractivity contribution in [1.29, 1.82) is 0 Å². The van der Waals surface area contributed by atoms with Gasteiger partial charge in [0, 0.05) is 35.6 Å². The van der Waals surface area contributed by atoms with Gasteiger partial charge in [-0.25, -0.2) is 0 Å². The highest BCUT2D eigenvalue weighted by Gasteiger charge is 2.69. The SMILES string of the molecule is O=C1C2C(C(=O)N1c1ccc(Br)cc1)[C@@H]1C[C@H]2C2Sc3[nH]c(=O)sc3C(c3cc(Br)ccc3OCc3cccc(Cl)c3)C21. The monoisotopic (exact) mass is 756 g/mol. The van der Waals surface area contributed by atoms with Gasteiger partial charge in [0.15, 0.2) is 0 Å². The summed E-state index contributed by atoms with van der Waals surface area (Å²) in [6.07, 6.45) is 0.825. The summed E-state index contributed by atoms with van der Waals surface area (Å²) in [6, 6.07) is 21.0. The van der Waals surface area contributed by atoms with Crippen molar-refractivity contribution in [3.8, 4) is 5.75 Å². The maximum Gasteiger partial charge on any atom is 0.305 e. The Labute approximate surface area is 277 Å². The molecule has 11 heteroatoms. The number of imide groups is 1. The third kappa shape index (κ3) is 4.50. The first-order valence-corrected chi connectivity index (χ1v) is 17.6. The molecule has 3 fully saturated rings. The topological polar surface area (TPSA) is 79.5 Å². The Morgan fingerprint density at radius 3 is 2.44 bits per heavy atom. The third-order valence-corrected chi connectivity index (χ3v) is 13.2. The number of thioether (sulfide) groups is 1. The predicted molar refractivity (Wildman–Crippen MR) is 175 cm³/mol. The number of fused-ring (bicyclic) bond motifs is 9. The van der Waals surface area contributed by atoms with Gasteiger partial charge in [-0.15, -0.1) is 11.8 Å². The van der Waals surface area contributed by atoms with Crippen molar-refractivity contribution in [2.75, 3.05) is 4.90 Å². The van der Waals surface area contributed by atoms with Crippen LogP contribution in [0.3, 0.4) is 0 Å². The number of benzene rings is 3. The summed E-state index contributed by atoms with van der Waals surface area (Å²) < 4.78 is 8.24. The van der Waals surface area contributed by atoms with Crippen LogP contribution in [0.15, 0.2) is 85.5 Å². The predicted octanol–water partition coefficient (Wildman–Crippen LogP) is 7.87. The molecular formula is C32H23Br2ClN2O4S2. The van der Waals surface area contributed by atoms with E-state index in [1.807, 2.05) is 60.7 Å². The van der Waals surface area contributed by atoms with Crippen LogP contribution in [-0.4, -0.2) is 22.0 Å². The van der Waals surface area contributed by atoms with E-state index in [4.69, 9.17) is 16.3 Å². The first-order valence-electron chi connectivity index (χ1n) is 14.0. The summed E-state index contributed by atoms with van der Waals surface area (Å²) >= 11 is 16.3. The maximum absolute atomic E-state index is 14.0. The Morgan fingerprint density at radius 2 is 1.67 bits per heavy atom. The smallest absolute Gasteiger partial charge is 0.305 e. The standard InChI is InChI=1S/C32H23Br2ClN2O4S2/c33-15-4-7-18(8-5-15)37-30(38)25-20-12-21(26(25)31(37)39)27-24(20)23(28-29(42-27)36-32(40)43-28)19-11-16(34)6-9-22(19)41-13-14-2-1-3-17(35)10-14/h1-11,20-21,23-27H,12-13H2,(H,36,40)/t20-,21-,23?,24?,25?,26?,27?/m1/s1. The molecule has 5 unspecified atom stereocenters. The van der Waals surface area contributed by atoms with Gasteiger partial charge >= 0.3 is 4.87 Å². The number of hydrogen-bond acceptors (Lipinski definition) is 6. The molecule has 0 spiro atoms. The van der Waals surface area contributed by atoms with Crippen molar-refractivity contribution in [2.45, 2.75) is 29.2 Å². The number of hydrogen-bond donors (Lipinski definition) is 1. The Balaban J connectivity index is 1.20. The Hall–Kier alpha value is -2.37. The highest BCUT2D eigenvalue weighted by molar-refractivity contribution is 9.10. The van der Waals surface area contributed by atoms with E-state index in [0.29, 0.717) is 17.3 Å². The first kappa shape index (κ1) is 28.1. The molecule has 3 aromatic carbocycles. The van der Waals surface area contributed by atoms with E-state index in [-0.39, 0.29) is 57.4 Å². The molecule has 2 amide bonds. The fourth-order valence-corrected chi connectivity index (χ4v) is 11.6. The van der Waals surface area contributed by atoms with Crippen LogP contribution in [-0.2, 0) is 16.2 Å². The Bertz CT molecular complexity index is 1860. The molecule has 218 valence electrons. The number of thiazole rings is 1. The van der Waals surface area contributed by atoms with Gasteiger partial charge in [0.05, 0.1) is 22.5 Å². The number of aromatic nitrogens is 1. The van der Waals surface area contributed by atoms with Crippen LogP contribution in [0.2, 0.25) is 5.02 Å². The highest BCUT2D eigenvalue weighted by atomic mass is 79.9. The van der Waals surface area contributed by atoms with Crippen LogP contribution in [0.1, 0.15) is 28.3 Å². The van der Waals surface area contributed by atoms with Gasteiger partial charge in [0.1, 0.15) is 12.4 Å². The van der Waals surface area contributed by atoms with Gasteiger partial charge < -0.3 is 9.72 Å². The number of ether oxygens (including phenoxy) is 1. The summed E-state index contributed by atoms with van der Waals surface area (Å²) in [5.41, 5.74) is 2.55. The van der Waals surface area contributed by atoms with E-state index in [1.165, 1.54) is 16.2 Å². The van der Waals surface area contributed by atoms with E-state index in [0.717, 1.165) is 42.1 Å². The number of H-pyrrole nitrogens is 1. The zero-order valence-corrected chi connectivity index (χ0v) is 27.9. The molecule has 4 aromatic rings. The van der Waals surface area contributed by atoms with E-state index >= 15 is 0 Å². The quantitative estimate of drug-likeness (QED) is 0.210. The van der Waals surface area contributed by atoms with E-state index in [1.54, 1.807) is 11.8 Å². The molecular weight excluding hydrogens is 736 g/mol. The van der Waals surface area contributed by atoms with Crippen molar-refractivity contribution in [2.24, 2.45) is 29.6 Å². The number of amides is 2. The number of nitrogens with zero attached hydrogens (tertiary/aromatic N) is 1. The molecule has 2 aliphatic heterocycles. The molecule has 1 N–H and O–H groups in total. The highest BCUT2D eigenvalue weighted by Crippen LogP contribution is 2.69. The minimum absolute atomic E-state index is 0.0134. The van der Waals surface area contributed by atoms with E-state index in [2.05, 4.69) is 42.9 Å². The van der Waals surface area contributed by atoms with Crippen molar-refractivity contribution >= 4 is 84.1 Å². The number of carbonyl (C=O) groups excluding carboxylic acids is 2. The third-order valence-electron chi connectivity index (χ3n) is 9.40. The van der Waals surface area contributed by atoms with Gasteiger partial charge in [-0.05, 0) is 84.3 Å². The van der Waals surface area contributed by atoms with Crippen molar-refractivity contribution in [1.82, 2.24) is 4.98 Å². The minimum Gasteiger partial charge on any atom is -0.489 e. The van der Waals surface area contributed by atoms with Crippen LogP contribution in [0, 0.1) is 29.6 Å². The summed E-state index contributed by atoms with van der Waals surface area (Å²) in [5.74, 6) is -0.213. The average Bonchev–Trinajstić information content (AvgIpc) is 3.72. The normalized spacial score (nSPS) is 28.6. The second-order valence-electron chi connectivity index (χ2n) is 11.5. The number of halogens is 3. The molecule has 43 heavy (non-hydrogen) atoms. The maximum atomic E-state index is 14.0. The van der Waals surface area contributed by atoms with Gasteiger partial charge in [-0.2, -0.15) is 0 Å². The van der Waals surface area contributed by atoms with Crippen LogP contribution >= 0.6 is 66.6 Å². The van der Waals surface area contributed by atoms with Crippen LogP contribution in [0.25, 0.3) is 0 Å². The molecule has 8 rings (SSSR count). The lowest BCUT2D eigenvalue weighted by Gasteiger charge is -2.43. The first-order chi connectivity index (χ1) is 20.8. The summed E-state index contributed by atoms with van der Waals surface area (Å²) in [5, 5.41) is 1.61. The summed E-state index contributed by atoms with van der Waals surface area (Å²) in [4.78, 5) is 46.0. The lowest BCUT2D eigenvalue weighted by Crippen LogP contribution is -2.42. The fraction of sp³-hybridized carbons (Fsp3) is 0.281. The number of rotatable bonds is 5. The van der Waals surface area contributed by atoms with Crippen molar-refractivity contribution < 1.29 is 14.3 Å².